The standard InChI is InChI=1S/C14H16FNO2/c1-9(17)16-6-5-10-7-11(18-14(2,3)4)8-12(15)13(10)16/h5-8H,1-4H3. The van der Waals surface area contributed by atoms with Crippen molar-refractivity contribution < 1.29 is 13.9 Å². The minimum absolute atomic E-state index is 0.214. The van der Waals surface area contributed by atoms with Crippen LogP contribution in [0, 0.1) is 5.82 Å². The second kappa shape index (κ2) is 4.12. The molecule has 0 atom stereocenters. The smallest absolute Gasteiger partial charge is 0.228 e. The van der Waals surface area contributed by atoms with Gasteiger partial charge >= 0.3 is 0 Å². The number of aromatic nitrogens is 1. The van der Waals surface area contributed by atoms with E-state index in [1.807, 2.05) is 20.8 Å². The van der Waals surface area contributed by atoms with Crippen molar-refractivity contribution >= 4 is 16.8 Å². The average molecular weight is 249 g/mol. The molecule has 0 aliphatic carbocycles. The van der Waals surface area contributed by atoms with Crippen LogP contribution in [0.3, 0.4) is 0 Å². The van der Waals surface area contributed by atoms with E-state index in [0.29, 0.717) is 16.7 Å². The van der Waals surface area contributed by atoms with Gasteiger partial charge in [-0.25, -0.2) is 4.39 Å². The number of carbonyl (C=O) groups excluding carboxylic acids is 1. The van der Waals surface area contributed by atoms with Crippen LogP contribution < -0.4 is 4.74 Å². The molecular weight excluding hydrogens is 233 g/mol. The summed E-state index contributed by atoms with van der Waals surface area (Å²) in [6.07, 6.45) is 1.57. The van der Waals surface area contributed by atoms with Crippen LogP contribution in [0.4, 0.5) is 4.39 Å². The molecule has 0 aliphatic heterocycles. The molecule has 4 heteroatoms. The van der Waals surface area contributed by atoms with Gasteiger partial charge in [-0.15, -0.1) is 0 Å². The van der Waals surface area contributed by atoms with Crippen LogP contribution >= 0.6 is 0 Å². The fourth-order valence-electron chi connectivity index (χ4n) is 1.88. The highest BCUT2D eigenvalue weighted by Crippen LogP contribution is 2.27. The lowest BCUT2D eigenvalue weighted by molar-refractivity contribution is 0.0940. The molecule has 0 bridgehead atoms. The van der Waals surface area contributed by atoms with Crippen LogP contribution in [0.15, 0.2) is 24.4 Å². The van der Waals surface area contributed by atoms with Gasteiger partial charge in [-0.1, -0.05) is 0 Å². The van der Waals surface area contributed by atoms with Gasteiger partial charge < -0.3 is 4.74 Å². The zero-order chi connectivity index (χ0) is 13.5. The van der Waals surface area contributed by atoms with Crippen LogP contribution in [0.1, 0.15) is 32.5 Å². The third kappa shape index (κ3) is 2.37. The number of fused-ring (bicyclic) bond motifs is 1. The van der Waals surface area contributed by atoms with E-state index in [-0.39, 0.29) is 11.5 Å². The molecule has 3 nitrogen and oxygen atoms in total. The Hall–Kier alpha value is -1.84. The van der Waals surface area contributed by atoms with Crippen molar-refractivity contribution in [1.29, 1.82) is 0 Å². The molecule has 0 unspecified atom stereocenters. The topological polar surface area (TPSA) is 31.2 Å². The first-order valence-electron chi connectivity index (χ1n) is 5.78. The van der Waals surface area contributed by atoms with Crippen LogP contribution in [0.25, 0.3) is 10.9 Å². The Morgan fingerprint density at radius 3 is 2.56 bits per heavy atom. The molecule has 1 aromatic carbocycles. The average Bonchev–Trinajstić information content (AvgIpc) is 2.58. The van der Waals surface area contributed by atoms with E-state index in [9.17, 15) is 9.18 Å². The molecular formula is C14H16FNO2. The summed E-state index contributed by atoms with van der Waals surface area (Å²) in [4.78, 5) is 11.4. The summed E-state index contributed by atoms with van der Waals surface area (Å²) < 4.78 is 20.9. The molecule has 0 spiro atoms. The SMILES string of the molecule is CC(=O)n1ccc2cc(OC(C)(C)C)cc(F)c21. The van der Waals surface area contributed by atoms with Crippen LogP contribution in [-0.2, 0) is 0 Å². The van der Waals surface area contributed by atoms with Crippen LogP contribution in [-0.4, -0.2) is 16.1 Å². The fraction of sp³-hybridized carbons (Fsp3) is 0.357. The van der Waals surface area contributed by atoms with Crippen LogP contribution in [0.5, 0.6) is 5.75 Å². The number of hydrogen-bond donors (Lipinski definition) is 0. The second-order valence-electron chi connectivity index (χ2n) is 5.26. The van der Waals surface area contributed by atoms with Gasteiger partial charge in [-0.2, -0.15) is 0 Å². The number of ether oxygens (including phenoxy) is 1. The summed E-state index contributed by atoms with van der Waals surface area (Å²) in [5, 5.41) is 0.657. The predicted molar refractivity (Wildman–Crippen MR) is 68.6 cm³/mol. The van der Waals surface area contributed by atoms with Gasteiger partial charge in [0.05, 0.1) is 5.52 Å². The van der Waals surface area contributed by atoms with Gasteiger partial charge in [0.25, 0.3) is 0 Å². The van der Waals surface area contributed by atoms with Crippen molar-refractivity contribution in [2.75, 3.05) is 0 Å². The first kappa shape index (κ1) is 12.6. The number of carbonyl (C=O) groups is 1. The largest absolute Gasteiger partial charge is 0.488 e. The van der Waals surface area contributed by atoms with Crippen molar-refractivity contribution in [2.45, 2.75) is 33.3 Å². The van der Waals surface area contributed by atoms with Gasteiger partial charge in [0, 0.05) is 24.6 Å². The summed E-state index contributed by atoms with van der Waals surface area (Å²) in [6, 6.07) is 4.76. The van der Waals surface area contributed by atoms with Gasteiger partial charge in [0.1, 0.15) is 11.4 Å². The summed E-state index contributed by atoms with van der Waals surface area (Å²) in [7, 11) is 0. The van der Waals surface area contributed by atoms with E-state index in [0.717, 1.165) is 0 Å². The molecule has 0 N–H and O–H groups in total. The summed E-state index contributed by atoms with van der Waals surface area (Å²) in [5.74, 6) is -0.200. The van der Waals surface area contributed by atoms with Gasteiger partial charge in [-0.3, -0.25) is 9.36 Å². The molecule has 0 amide bonds. The van der Waals surface area contributed by atoms with E-state index in [1.165, 1.54) is 17.6 Å². The van der Waals surface area contributed by atoms with Crippen LogP contribution in [0.2, 0.25) is 0 Å². The lowest BCUT2D eigenvalue weighted by Crippen LogP contribution is -2.23. The van der Waals surface area contributed by atoms with Crippen molar-refractivity contribution in [3.63, 3.8) is 0 Å². The van der Waals surface area contributed by atoms with E-state index >= 15 is 0 Å². The number of nitrogens with zero attached hydrogens (tertiary/aromatic N) is 1. The maximum atomic E-state index is 14.0. The Balaban J connectivity index is 2.55. The molecule has 96 valence electrons. The third-order valence-electron chi connectivity index (χ3n) is 2.47. The van der Waals surface area contributed by atoms with Gasteiger partial charge in [0.15, 0.2) is 5.82 Å². The maximum absolute atomic E-state index is 14.0. The van der Waals surface area contributed by atoms with Crippen molar-refractivity contribution in [1.82, 2.24) is 4.57 Å². The summed E-state index contributed by atoms with van der Waals surface area (Å²) >= 11 is 0. The van der Waals surface area contributed by atoms with Crippen molar-refractivity contribution in [2.24, 2.45) is 0 Å². The first-order valence-corrected chi connectivity index (χ1v) is 5.78. The van der Waals surface area contributed by atoms with E-state index in [4.69, 9.17) is 4.74 Å². The van der Waals surface area contributed by atoms with Crippen molar-refractivity contribution in [3.05, 3.63) is 30.2 Å². The molecule has 0 saturated heterocycles. The van der Waals surface area contributed by atoms with E-state index in [2.05, 4.69) is 0 Å². The number of benzene rings is 1. The summed E-state index contributed by atoms with van der Waals surface area (Å²) in [6.45, 7) is 7.10. The molecule has 0 saturated carbocycles. The number of hydrogen-bond acceptors (Lipinski definition) is 2. The molecule has 0 aliphatic rings. The van der Waals surface area contributed by atoms with Gasteiger partial charge in [-0.05, 0) is 32.9 Å². The highest BCUT2D eigenvalue weighted by molar-refractivity contribution is 5.92. The van der Waals surface area contributed by atoms with E-state index < -0.39 is 5.82 Å². The highest BCUT2D eigenvalue weighted by atomic mass is 19.1. The highest BCUT2D eigenvalue weighted by Gasteiger charge is 2.16. The minimum Gasteiger partial charge on any atom is -0.488 e. The minimum atomic E-state index is -0.452. The predicted octanol–water partition coefficient (Wildman–Crippen LogP) is 3.62. The zero-order valence-corrected chi connectivity index (χ0v) is 11.0. The molecule has 2 aromatic rings. The Morgan fingerprint density at radius 1 is 1.33 bits per heavy atom. The summed E-state index contributed by atoms with van der Waals surface area (Å²) in [5.41, 5.74) is -0.0905. The molecule has 0 radical (unpaired) electrons. The Kier molecular flexibility index (Phi) is 2.89. The molecule has 0 fully saturated rings. The normalized spacial score (nSPS) is 11.8. The third-order valence-corrected chi connectivity index (χ3v) is 2.47. The molecule has 2 rings (SSSR count). The second-order valence-corrected chi connectivity index (χ2v) is 5.26. The van der Waals surface area contributed by atoms with E-state index in [1.54, 1.807) is 18.3 Å². The molecule has 18 heavy (non-hydrogen) atoms. The Morgan fingerprint density at radius 2 is 2.00 bits per heavy atom. The van der Waals surface area contributed by atoms with Gasteiger partial charge in [0.2, 0.25) is 5.91 Å². The molecule has 1 aromatic heterocycles. The van der Waals surface area contributed by atoms with Crippen molar-refractivity contribution in [3.8, 4) is 5.75 Å². The lowest BCUT2D eigenvalue weighted by Gasteiger charge is -2.21. The maximum Gasteiger partial charge on any atom is 0.228 e. The Bertz CT molecular complexity index is 608. The number of halogens is 1. The zero-order valence-electron chi connectivity index (χ0n) is 11.0. The first-order chi connectivity index (χ1) is 8.28. The fourth-order valence-corrected chi connectivity index (χ4v) is 1.88. The molecule has 1 heterocycles. The monoisotopic (exact) mass is 249 g/mol. The number of rotatable bonds is 1. The Labute approximate surface area is 105 Å². The lowest BCUT2D eigenvalue weighted by atomic mass is 10.2. The quantitative estimate of drug-likeness (QED) is 0.773.